The Morgan fingerprint density at radius 1 is 1.47 bits per heavy atom. The summed E-state index contributed by atoms with van der Waals surface area (Å²) in [5.41, 5.74) is 0.514. The molecule has 82 valence electrons. The van der Waals surface area contributed by atoms with E-state index in [2.05, 4.69) is 0 Å². The highest BCUT2D eigenvalue weighted by molar-refractivity contribution is 6.32. The van der Waals surface area contributed by atoms with Crippen molar-refractivity contribution in [2.45, 2.75) is 13.8 Å². The number of benzene rings is 1. The molecule has 0 N–H and O–H groups in total. The molecule has 0 unspecified atom stereocenters. The molecular weight excluding hydrogens is 216 g/mol. The lowest BCUT2D eigenvalue weighted by Crippen LogP contribution is -1.99. The molecule has 0 amide bonds. The first kappa shape index (κ1) is 11.9. The minimum absolute atomic E-state index is 0.0572. The van der Waals surface area contributed by atoms with Gasteiger partial charge in [0, 0.05) is 5.56 Å². The fourth-order valence-corrected chi connectivity index (χ4v) is 1.47. The maximum atomic E-state index is 11.2. The van der Waals surface area contributed by atoms with E-state index in [0.717, 1.165) is 0 Å². The summed E-state index contributed by atoms with van der Waals surface area (Å²) >= 11 is 5.98. The number of rotatable bonds is 4. The zero-order chi connectivity index (χ0) is 11.4. The van der Waals surface area contributed by atoms with Crippen molar-refractivity contribution in [3.05, 3.63) is 22.7 Å². The third-order valence-electron chi connectivity index (χ3n) is 1.92. The van der Waals surface area contributed by atoms with Gasteiger partial charge in [-0.3, -0.25) is 4.79 Å². The van der Waals surface area contributed by atoms with Gasteiger partial charge in [-0.1, -0.05) is 11.6 Å². The molecule has 4 heteroatoms. The summed E-state index contributed by atoms with van der Waals surface area (Å²) < 4.78 is 10.4. The van der Waals surface area contributed by atoms with Gasteiger partial charge in [-0.15, -0.1) is 0 Å². The second-order valence-corrected chi connectivity index (χ2v) is 3.39. The maximum absolute atomic E-state index is 11.2. The van der Waals surface area contributed by atoms with Crippen molar-refractivity contribution in [1.29, 1.82) is 0 Å². The molecule has 15 heavy (non-hydrogen) atoms. The van der Waals surface area contributed by atoms with E-state index in [9.17, 15) is 4.79 Å². The highest BCUT2D eigenvalue weighted by atomic mass is 35.5. The Balaban J connectivity index is 3.24. The summed E-state index contributed by atoms with van der Waals surface area (Å²) in [6.07, 6.45) is 0. The lowest BCUT2D eigenvalue weighted by Gasteiger charge is -2.11. The summed E-state index contributed by atoms with van der Waals surface area (Å²) in [7, 11) is 1.51. The van der Waals surface area contributed by atoms with Crippen LogP contribution in [0.15, 0.2) is 12.1 Å². The Kier molecular flexibility index (Phi) is 3.97. The van der Waals surface area contributed by atoms with E-state index in [4.69, 9.17) is 21.1 Å². The second-order valence-electron chi connectivity index (χ2n) is 2.98. The number of methoxy groups -OCH3 is 1. The number of Topliss-reactive ketones (excluding diaryl/α,β-unsaturated/α-hetero) is 1. The first-order valence-corrected chi connectivity index (χ1v) is 4.99. The van der Waals surface area contributed by atoms with Crippen LogP contribution in [0, 0.1) is 0 Å². The van der Waals surface area contributed by atoms with Crippen LogP contribution in [0.25, 0.3) is 0 Å². The smallest absolute Gasteiger partial charge is 0.179 e. The molecule has 0 heterocycles. The number of carbonyl (C=O) groups excluding carboxylic acids is 1. The lowest BCUT2D eigenvalue weighted by molar-refractivity contribution is 0.101. The van der Waals surface area contributed by atoms with Crippen molar-refractivity contribution in [3.63, 3.8) is 0 Å². The van der Waals surface area contributed by atoms with Crippen LogP contribution in [0.3, 0.4) is 0 Å². The molecule has 0 aliphatic rings. The third kappa shape index (κ3) is 2.63. The minimum atomic E-state index is -0.0572. The fraction of sp³-hybridized carbons (Fsp3) is 0.364. The Bertz CT molecular complexity index is 374. The molecule has 0 saturated heterocycles. The molecule has 0 saturated carbocycles. The van der Waals surface area contributed by atoms with Crippen LogP contribution >= 0.6 is 11.6 Å². The molecule has 0 bridgehead atoms. The van der Waals surface area contributed by atoms with Crippen LogP contribution in [0.2, 0.25) is 5.02 Å². The molecule has 0 aromatic heterocycles. The number of carbonyl (C=O) groups is 1. The summed E-state index contributed by atoms with van der Waals surface area (Å²) in [6.45, 7) is 3.83. The molecule has 0 radical (unpaired) electrons. The predicted octanol–water partition coefficient (Wildman–Crippen LogP) is 2.95. The molecule has 1 aromatic rings. The van der Waals surface area contributed by atoms with Crippen molar-refractivity contribution < 1.29 is 14.3 Å². The van der Waals surface area contributed by atoms with E-state index in [1.54, 1.807) is 12.1 Å². The van der Waals surface area contributed by atoms with Crippen molar-refractivity contribution in [3.8, 4) is 11.5 Å². The van der Waals surface area contributed by atoms with Gasteiger partial charge in [0.15, 0.2) is 17.3 Å². The van der Waals surface area contributed by atoms with Gasteiger partial charge < -0.3 is 9.47 Å². The van der Waals surface area contributed by atoms with Gasteiger partial charge >= 0.3 is 0 Å². The highest BCUT2D eigenvalue weighted by Crippen LogP contribution is 2.36. The van der Waals surface area contributed by atoms with Gasteiger partial charge in [0.2, 0.25) is 0 Å². The standard InChI is InChI=1S/C11H13ClO3/c1-4-15-11-9(12)5-8(7(2)13)6-10(11)14-3/h5-6H,4H2,1-3H3. The molecule has 0 fully saturated rings. The monoisotopic (exact) mass is 228 g/mol. The Morgan fingerprint density at radius 3 is 2.60 bits per heavy atom. The largest absolute Gasteiger partial charge is 0.493 e. The summed E-state index contributed by atoms with van der Waals surface area (Å²) in [6, 6.07) is 3.20. The van der Waals surface area contributed by atoms with Crippen LogP contribution in [0.1, 0.15) is 24.2 Å². The van der Waals surface area contributed by atoms with Gasteiger partial charge in [-0.2, -0.15) is 0 Å². The molecule has 3 nitrogen and oxygen atoms in total. The first-order valence-electron chi connectivity index (χ1n) is 4.61. The highest BCUT2D eigenvalue weighted by Gasteiger charge is 2.13. The fourth-order valence-electron chi connectivity index (χ4n) is 1.21. The molecular formula is C11H13ClO3. The van der Waals surface area contributed by atoms with E-state index in [1.165, 1.54) is 14.0 Å². The van der Waals surface area contributed by atoms with E-state index < -0.39 is 0 Å². The Labute approximate surface area is 93.9 Å². The lowest BCUT2D eigenvalue weighted by atomic mass is 10.1. The third-order valence-corrected chi connectivity index (χ3v) is 2.21. The maximum Gasteiger partial charge on any atom is 0.179 e. The number of ether oxygens (including phenoxy) is 2. The molecule has 1 rings (SSSR count). The second kappa shape index (κ2) is 5.03. The summed E-state index contributed by atoms with van der Waals surface area (Å²) in [5, 5.41) is 0.390. The van der Waals surface area contributed by atoms with Crippen LogP contribution in [0.5, 0.6) is 11.5 Å². The van der Waals surface area contributed by atoms with Crippen LogP contribution in [-0.4, -0.2) is 19.5 Å². The van der Waals surface area contributed by atoms with Crippen molar-refractivity contribution in [2.75, 3.05) is 13.7 Å². The number of halogens is 1. The van der Waals surface area contributed by atoms with E-state index in [0.29, 0.717) is 28.7 Å². The normalized spacial score (nSPS) is 9.87. The van der Waals surface area contributed by atoms with Gasteiger partial charge in [0.1, 0.15) is 0 Å². The number of ketones is 1. The molecule has 0 aliphatic heterocycles. The Morgan fingerprint density at radius 2 is 2.13 bits per heavy atom. The van der Waals surface area contributed by atoms with Crippen LogP contribution < -0.4 is 9.47 Å². The van der Waals surface area contributed by atoms with Gasteiger partial charge in [0.25, 0.3) is 0 Å². The molecule has 1 aromatic carbocycles. The van der Waals surface area contributed by atoms with Gasteiger partial charge in [0.05, 0.1) is 18.7 Å². The van der Waals surface area contributed by atoms with Crippen LogP contribution in [-0.2, 0) is 0 Å². The average Bonchev–Trinajstić information content (AvgIpc) is 2.20. The van der Waals surface area contributed by atoms with Crippen molar-refractivity contribution >= 4 is 17.4 Å². The average molecular weight is 229 g/mol. The quantitative estimate of drug-likeness (QED) is 0.744. The molecule has 0 aliphatic carbocycles. The van der Waals surface area contributed by atoms with Crippen molar-refractivity contribution in [2.24, 2.45) is 0 Å². The number of hydrogen-bond donors (Lipinski definition) is 0. The minimum Gasteiger partial charge on any atom is -0.493 e. The van der Waals surface area contributed by atoms with Gasteiger partial charge in [-0.05, 0) is 26.0 Å². The predicted molar refractivity (Wildman–Crippen MR) is 59.2 cm³/mol. The van der Waals surface area contributed by atoms with Crippen molar-refractivity contribution in [1.82, 2.24) is 0 Å². The van der Waals surface area contributed by atoms with E-state index in [1.807, 2.05) is 6.92 Å². The topological polar surface area (TPSA) is 35.5 Å². The number of hydrogen-bond acceptors (Lipinski definition) is 3. The Hall–Kier alpha value is -1.22. The van der Waals surface area contributed by atoms with Crippen LogP contribution in [0.4, 0.5) is 0 Å². The summed E-state index contributed by atoms with van der Waals surface area (Å²) in [5.74, 6) is 0.902. The molecule has 0 spiro atoms. The zero-order valence-corrected chi connectivity index (χ0v) is 9.72. The van der Waals surface area contributed by atoms with E-state index in [-0.39, 0.29) is 5.78 Å². The summed E-state index contributed by atoms with van der Waals surface area (Å²) in [4.78, 5) is 11.2. The SMILES string of the molecule is CCOc1c(Cl)cc(C(C)=O)cc1OC. The van der Waals surface area contributed by atoms with E-state index >= 15 is 0 Å². The zero-order valence-electron chi connectivity index (χ0n) is 8.96. The molecule has 0 atom stereocenters. The van der Waals surface area contributed by atoms with Gasteiger partial charge in [-0.25, -0.2) is 0 Å². The first-order chi connectivity index (χ1) is 7.10.